The molecule has 0 amide bonds. The summed E-state index contributed by atoms with van der Waals surface area (Å²) in [6.45, 7) is 0. The molecule has 3 aromatic rings. The first kappa shape index (κ1) is 13.6. The maximum absolute atomic E-state index is 12.3. The summed E-state index contributed by atoms with van der Waals surface area (Å²) in [6, 6.07) is 14.9. The third-order valence-corrected chi connectivity index (χ3v) is 4.32. The zero-order chi connectivity index (χ0) is 15.0. The van der Waals surface area contributed by atoms with Crippen LogP contribution in [0, 0.1) is 0 Å². The van der Waals surface area contributed by atoms with Gasteiger partial charge in [-0.25, -0.2) is 8.42 Å². The Kier molecular flexibility index (Phi) is 3.14. The molecular formula is C16H12O4S. The molecule has 0 aliphatic carbocycles. The maximum atomic E-state index is 12.3. The van der Waals surface area contributed by atoms with E-state index in [2.05, 4.69) is 0 Å². The van der Waals surface area contributed by atoms with Crippen LogP contribution in [0.15, 0.2) is 63.9 Å². The monoisotopic (exact) mass is 300 g/mol. The fraction of sp³-hybridized carbons (Fsp3) is 0.0625. The second kappa shape index (κ2) is 4.86. The maximum Gasteiger partial charge on any atom is 0.228 e. The number of para-hydroxylation sites is 1. The quantitative estimate of drug-likeness (QED) is 0.697. The first-order valence-electron chi connectivity index (χ1n) is 6.28. The molecule has 0 spiro atoms. The minimum atomic E-state index is -3.27. The van der Waals surface area contributed by atoms with Gasteiger partial charge in [0.05, 0.1) is 4.90 Å². The van der Waals surface area contributed by atoms with Crippen molar-refractivity contribution in [3.63, 3.8) is 0 Å². The first-order valence-corrected chi connectivity index (χ1v) is 8.18. The van der Waals surface area contributed by atoms with Gasteiger partial charge in [0.2, 0.25) is 5.78 Å². The SMILES string of the molecule is CS(=O)(=O)c1ccc(C(=O)c2cc3ccccc3o2)cc1. The van der Waals surface area contributed by atoms with E-state index < -0.39 is 9.84 Å². The third kappa shape index (κ3) is 2.60. The van der Waals surface area contributed by atoms with E-state index in [4.69, 9.17) is 4.42 Å². The molecule has 0 radical (unpaired) electrons. The number of furan rings is 1. The van der Waals surface area contributed by atoms with Crippen molar-refractivity contribution in [2.24, 2.45) is 0 Å². The molecule has 0 fully saturated rings. The van der Waals surface area contributed by atoms with Gasteiger partial charge in [-0.05, 0) is 36.4 Å². The summed E-state index contributed by atoms with van der Waals surface area (Å²) < 4.78 is 28.3. The van der Waals surface area contributed by atoms with Crippen LogP contribution in [-0.4, -0.2) is 20.5 Å². The number of carbonyl (C=O) groups is 1. The van der Waals surface area contributed by atoms with E-state index in [0.717, 1.165) is 11.6 Å². The highest BCUT2D eigenvalue weighted by atomic mass is 32.2. The lowest BCUT2D eigenvalue weighted by atomic mass is 10.1. The van der Waals surface area contributed by atoms with Gasteiger partial charge < -0.3 is 4.42 Å². The molecule has 4 nitrogen and oxygen atoms in total. The van der Waals surface area contributed by atoms with Crippen LogP contribution in [-0.2, 0) is 9.84 Å². The molecule has 0 saturated carbocycles. The smallest absolute Gasteiger partial charge is 0.228 e. The summed E-state index contributed by atoms with van der Waals surface area (Å²) in [5.41, 5.74) is 1.04. The summed E-state index contributed by atoms with van der Waals surface area (Å²) in [7, 11) is -3.27. The molecule has 3 rings (SSSR count). The fourth-order valence-electron chi connectivity index (χ4n) is 2.09. The number of hydrogen-bond donors (Lipinski definition) is 0. The van der Waals surface area contributed by atoms with E-state index in [0.29, 0.717) is 11.1 Å². The number of sulfone groups is 1. The summed E-state index contributed by atoms with van der Waals surface area (Å²) in [4.78, 5) is 12.5. The third-order valence-electron chi connectivity index (χ3n) is 3.19. The molecule has 21 heavy (non-hydrogen) atoms. The fourth-order valence-corrected chi connectivity index (χ4v) is 2.72. The van der Waals surface area contributed by atoms with Gasteiger partial charge in [0, 0.05) is 17.2 Å². The second-order valence-electron chi connectivity index (χ2n) is 4.77. The summed E-state index contributed by atoms with van der Waals surface area (Å²) in [5.74, 6) is -0.0328. The van der Waals surface area contributed by atoms with Crippen LogP contribution in [0.5, 0.6) is 0 Å². The highest BCUT2D eigenvalue weighted by Crippen LogP contribution is 2.21. The molecule has 0 aliphatic rings. The molecule has 0 saturated heterocycles. The molecule has 0 N–H and O–H groups in total. The standard InChI is InChI=1S/C16H12O4S/c1-21(18,19)13-8-6-11(7-9-13)16(17)15-10-12-4-2-3-5-14(12)20-15/h2-10H,1H3. The predicted molar refractivity (Wildman–Crippen MR) is 79.2 cm³/mol. The van der Waals surface area contributed by atoms with Gasteiger partial charge in [0.25, 0.3) is 0 Å². The Morgan fingerprint density at radius 3 is 2.29 bits per heavy atom. The Labute approximate surface area is 121 Å². The number of carbonyl (C=O) groups excluding carboxylic acids is 1. The Bertz CT molecular complexity index is 885. The molecule has 1 aromatic heterocycles. The number of hydrogen-bond acceptors (Lipinski definition) is 4. The Morgan fingerprint density at radius 2 is 1.67 bits per heavy atom. The van der Waals surface area contributed by atoms with Crippen molar-refractivity contribution in [1.82, 2.24) is 0 Å². The Morgan fingerprint density at radius 1 is 1.00 bits per heavy atom. The molecule has 2 aromatic carbocycles. The normalized spacial score (nSPS) is 11.7. The van der Waals surface area contributed by atoms with Gasteiger partial charge in [-0.1, -0.05) is 18.2 Å². The number of fused-ring (bicyclic) bond motifs is 1. The van der Waals surface area contributed by atoms with Crippen molar-refractivity contribution in [2.75, 3.05) is 6.26 Å². The Balaban J connectivity index is 1.98. The minimum Gasteiger partial charge on any atom is -0.453 e. The van der Waals surface area contributed by atoms with Gasteiger partial charge in [0.1, 0.15) is 5.58 Å². The lowest BCUT2D eigenvalue weighted by Gasteiger charge is -2.00. The van der Waals surface area contributed by atoms with Crippen molar-refractivity contribution in [1.29, 1.82) is 0 Å². The Hall–Kier alpha value is -2.40. The van der Waals surface area contributed by atoms with E-state index in [1.807, 2.05) is 18.2 Å². The van der Waals surface area contributed by atoms with Crippen LogP contribution in [0.3, 0.4) is 0 Å². The van der Waals surface area contributed by atoms with E-state index in [1.165, 1.54) is 24.3 Å². The van der Waals surface area contributed by atoms with Crippen LogP contribution in [0.25, 0.3) is 11.0 Å². The highest BCUT2D eigenvalue weighted by Gasteiger charge is 2.15. The van der Waals surface area contributed by atoms with Gasteiger partial charge in [-0.2, -0.15) is 0 Å². The highest BCUT2D eigenvalue weighted by molar-refractivity contribution is 7.90. The van der Waals surface area contributed by atoms with Gasteiger partial charge in [-0.15, -0.1) is 0 Å². The van der Waals surface area contributed by atoms with Gasteiger partial charge in [-0.3, -0.25) is 4.79 Å². The topological polar surface area (TPSA) is 64.3 Å². The number of benzene rings is 2. The summed E-state index contributed by atoms with van der Waals surface area (Å²) >= 11 is 0. The molecule has 0 atom stereocenters. The molecule has 1 heterocycles. The lowest BCUT2D eigenvalue weighted by molar-refractivity contribution is 0.101. The number of rotatable bonds is 3. The molecule has 5 heteroatoms. The molecule has 0 aliphatic heterocycles. The number of ketones is 1. The summed E-state index contributed by atoms with van der Waals surface area (Å²) in [5, 5.41) is 0.855. The van der Waals surface area contributed by atoms with Gasteiger partial charge in [0.15, 0.2) is 15.6 Å². The van der Waals surface area contributed by atoms with Gasteiger partial charge >= 0.3 is 0 Å². The minimum absolute atomic E-state index is 0.184. The molecule has 106 valence electrons. The van der Waals surface area contributed by atoms with Crippen LogP contribution >= 0.6 is 0 Å². The van der Waals surface area contributed by atoms with Crippen molar-refractivity contribution in [3.05, 3.63) is 65.9 Å². The van der Waals surface area contributed by atoms with E-state index in [1.54, 1.807) is 12.1 Å². The van der Waals surface area contributed by atoms with E-state index in [9.17, 15) is 13.2 Å². The first-order chi connectivity index (χ1) is 9.95. The van der Waals surface area contributed by atoms with Crippen molar-refractivity contribution in [3.8, 4) is 0 Å². The largest absolute Gasteiger partial charge is 0.453 e. The lowest BCUT2D eigenvalue weighted by Crippen LogP contribution is -2.01. The second-order valence-corrected chi connectivity index (χ2v) is 6.79. The molecule has 0 unspecified atom stereocenters. The average Bonchev–Trinajstić information content (AvgIpc) is 2.89. The molecular weight excluding hydrogens is 288 g/mol. The van der Waals surface area contributed by atoms with E-state index in [-0.39, 0.29) is 16.4 Å². The van der Waals surface area contributed by atoms with E-state index >= 15 is 0 Å². The van der Waals surface area contributed by atoms with Crippen LogP contribution in [0.2, 0.25) is 0 Å². The van der Waals surface area contributed by atoms with Crippen LogP contribution in [0.4, 0.5) is 0 Å². The zero-order valence-corrected chi connectivity index (χ0v) is 12.1. The average molecular weight is 300 g/mol. The summed E-state index contributed by atoms with van der Waals surface area (Å²) in [6.07, 6.45) is 1.13. The molecule has 0 bridgehead atoms. The van der Waals surface area contributed by atoms with Crippen molar-refractivity contribution >= 4 is 26.6 Å². The zero-order valence-electron chi connectivity index (χ0n) is 11.2. The predicted octanol–water partition coefficient (Wildman–Crippen LogP) is 3.07. The van der Waals surface area contributed by atoms with Crippen molar-refractivity contribution in [2.45, 2.75) is 4.90 Å². The van der Waals surface area contributed by atoms with Crippen LogP contribution < -0.4 is 0 Å². The van der Waals surface area contributed by atoms with Crippen molar-refractivity contribution < 1.29 is 17.6 Å². The van der Waals surface area contributed by atoms with Crippen LogP contribution in [0.1, 0.15) is 16.1 Å².